The number of hydrogen-bond donors (Lipinski definition) is 1. The fourth-order valence-electron chi connectivity index (χ4n) is 1.92. The van der Waals surface area contributed by atoms with Crippen LogP contribution in [0, 0.1) is 0 Å². The normalized spacial score (nSPS) is 23.8. The molecule has 1 aliphatic rings. The number of pyridine rings is 1. The molecule has 0 saturated heterocycles. The first-order chi connectivity index (χ1) is 7.63. The lowest BCUT2D eigenvalue weighted by molar-refractivity contribution is 0.00506. The number of rotatable bonds is 3. The molecule has 2 rings (SSSR count). The third-order valence-corrected chi connectivity index (χ3v) is 3.00. The molecule has 0 aliphatic heterocycles. The molecule has 86 valence electrons. The van der Waals surface area contributed by atoms with Crippen molar-refractivity contribution in [3.63, 3.8) is 0 Å². The van der Waals surface area contributed by atoms with E-state index in [1.165, 1.54) is 10.6 Å². The smallest absolute Gasteiger partial charge is 0.341 e. The van der Waals surface area contributed by atoms with E-state index in [-0.39, 0.29) is 17.7 Å². The summed E-state index contributed by atoms with van der Waals surface area (Å²) in [7, 11) is 1.64. The Morgan fingerprint density at radius 2 is 2.25 bits per heavy atom. The SMILES string of the molecule is CO[C@H]1C[C@H](n2cccc(C(=O)O)c2=O)C1. The molecule has 0 spiro atoms. The number of nitrogens with zero attached hydrogens (tertiary/aromatic N) is 1. The second-order valence-electron chi connectivity index (χ2n) is 3.92. The first-order valence-electron chi connectivity index (χ1n) is 5.10. The van der Waals surface area contributed by atoms with Crippen molar-refractivity contribution in [2.45, 2.75) is 25.0 Å². The number of ether oxygens (including phenoxy) is 1. The van der Waals surface area contributed by atoms with Crippen molar-refractivity contribution in [2.24, 2.45) is 0 Å². The molecule has 1 saturated carbocycles. The Kier molecular flexibility index (Phi) is 2.78. The summed E-state index contributed by atoms with van der Waals surface area (Å²) in [5.41, 5.74) is -0.613. The van der Waals surface area contributed by atoms with Gasteiger partial charge in [-0.15, -0.1) is 0 Å². The van der Waals surface area contributed by atoms with Gasteiger partial charge in [0, 0.05) is 19.3 Å². The highest BCUT2D eigenvalue weighted by atomic mass is 16.5. The molecule has 1 aromatic heterocycles. The van der Waals surface area contributed by atoms with Gasteiger partial charge in [-0.3, -0.25) is 4.79 Å². The highest BCUT2D eigenvalue weighted by Gasteiger charge is 2.31. The van der Waals surface area contributed by atoms with E-state index in [1.54, 1.807) is 19.4 Å². The standard InChI is InChI=1S/C11H13NO4/c1-16-8-5-7(6-8)12-4-2-3-9(10(12)13)11(14)15/h2-4,7-8H,5-6H2,1H3,(H,14,15)/t7-,8-. The molecule has 5 nitrogen and oxygen atoms in total. The molecule has 0 atom stereocenters. The number of carbonyl (C=O) groups is 1. The van der Waals surface area contributed by atoms with Crippen molar-refractivity contribution in [3.05, 3.63) is 34.2 Å². The Balaban J connectivity index is 2.27. The summed E-state index contributed by atoms with van der Waals surface area (Å²) < 4.78 is 6.61. The van der Waals surface area contributed by atoms with Gasteiger partial charge in [-0.25, -0.2) is 4.79 Å². The Bertz CT molecular complexity index is 459. The molecular formula is C11H13NO4. The van der Waals surface area contributed by atoms with Crippen LogP contribution < -0.4 is 5.56 Å². The third-order valence-electron chi connectivity index (χ3n) is 3.00. The van der Waals surface area contributed by atoms with Crippen LogP contribution in [0.25, 0.3) is 0 Å². The summed E-state index contributed by atoms with van der Waals surface area (Å²) in [6.07, 6.45) is 3.34. The maximum absolute atomic E-state index is 11.8. The summed E-state index contributed by atoms with van der Waals surface area (Å²) in [5.74, 6) is -1.18. The number of hydrogen-bond acceptors (Lipinski definition) is 3. The number of aromatic carboxylic acids is 1. The van der Waals surface area contributed by atoms with E-state index in [2.05, 4.69) is 0 Å². The van der Waals surface area contributed by atoms with Gasteiger partial charge in [0.1, 0.15) is 5.56 Å². The molecule has 0 radical (unpaired) electrons. The highest BCUT2D eigenvalue weighted by molar-refractivity contribution is 5.86. The maximum Gasteiger partial charge on any atom is 0.341 e. The number of methoxy groups -OCH3 is 1. The van der Waals surface area contributed by atoms with Gasteiger partial charge in [0.15, 0.2) is 0 Å². The average Bonchev–Trinajstić information content (AvgIpc) is 2.18. The molecule has 0 aromatic carbocycles. The molecule has 5 heteroatoms. The van der Waals surface area contributed by atoms with E-state index in [1.807, 2.05) is 0 Å². The van der Waals surface area contributed by atoms with E-state index in [9.17, 15) is 9.59 Å². The van der Waals surface area contributed by atoms with E-state index in [0.29, 0.717) is 0 Å². The quantitative estimate of drug-likeness (QED) is 0.826. The van der Waals surface area contributed by atoms with Crippen LogP contribution in [0.15, 0.2) is 23.1 Å². The van der Waals surface area contributed by atoms with Crippen LogP contribution in [-0.2, 0) is 4.74 Å². The molecule has 1 aliphatic carbocycles. The zero-order valence-corrected chi connectivity index (χ0v) is 8.92. The Morgan fingerprint density at radius 3 is 2.81 bits per heavy atom. The fraction of sp³-hybridized carbons (Fsp3) is 0.455. The molecule has 1 heterocycles. The Hall–Kier alpha value is -1.62. The van der Waals surface area contributed by atoms with Crippen molar-refractivity contribution in [1.29, 1.82) is 0 Å². The van der Waals surface area contributed by atoms with Crippen molar-refractivity contribution in [3.8, 4) is 0 Å². The topological polar surface area (TPSA) is 68.5 Å². The lowest BCUT2D eigenvalue weighted by atomic mass is 9.89. The highest BCUT2D eigenvalue weighted by Crippen LogP contribution is 2.32. The molecule has 1 fully saturated rings. The van der Waals surface area contributed by atoms with Crippen LogP contribution in [0.4, 0.5) is 0 Å². The lowest BCUT2D eigenvalue weighted by Crippen LogP contribution is -2.38. The number of carboxylic acid groups (broad SMARTS) is 1. The van der Waals surface area contributed by atoms with Crippen LogP contribution in [0.1, 0.15) is 29.2 Å². The average molecular weight is 223 g/mol. The van der Waals surface area contributed by atoms with E-state index in [0.717, 1.165) is 12.8 Å². The van der Waals surface area contributed by atoms with E-state index >= 15 is 0 Å². The fourth-order valence-corrected chi connectivity index (χ4v) is 1.92. The van der Waals surface area contributed by atoms with Crippen LogP contribution in [0.3, 0.4) is 0 Å². The van der Waals surface area contributed by atoms with Crippen LogP contribution >= 0.6 is 0 Å². The van der Waals surface area contributed by atoms with Gasteiger partial charge in [-0.1, -0.05) is 0 Å². The minimum absolute atomic E-state index is 0.0664. The zero-order valence-electron chi connectivity index (χ0n) is 8.92. The summed E-state index contributed by atoms with van der Waals surface area (Å²) >= 11 is 0. The third kappa shape index (κ3) is 1.74. The molecule has 0 unspecified atom stereocenters. The largest absolute Gasteiger partial charge is 0.477 e. The summed E-state index contributed by atoms with van der Waals surface area (Å²) in [5, 5.41) is 8.82. The van der Waals surface area contributed by atoms with Crippen LogP contribution in [0.5, 0.6) is 0 Å². The summed E-state index contributed by atoms with van der Waals surface area (Å²) in [6, 6.07) is 2.98. The van der Waals surface area contributed by atoms with Gasteiger partial charge < -0.3 is 14.4 Å². The van der Waals surface area contributed by atoms with Gasteiger partial charge in [0.05, 0.1) is 6.10 Å². The van der Waals surface area contributed by atoms with Gasteiger partial charge in [-0.2, -0.15) is 0 Å². The zero-order chi connectivity index (χ0) is 11.7. The van der Waals surface area contributed by atoms with E-state index < -0.39 is 11.5 Å². The van der Waals surface area contributed by atoms with Crippen molar-refractivity contribution in [2.75, 3.05) is 7.11 Å². The Labute approximate surface area is 92.3 Å². The predicted octanol–water partition coefficient (Wildman–Crippen LogP) is 0.896. The molecule has 0 bridgehead atoms. The predicted molar refractivity (Wildman–Crippen MR) is 56.7 cm³/mol. The van der Waals surface area contributed by atoms with E-state index in [4.69, 9.17) is 9.84 Å². The molecule has 0 amide bonds. The molecule has 1 N–H and O–H groups in total. The van der Waals surface area contributed by atoms with Gasteiger partial charge in [0.2, 0.25) is 0 Å². The molecule has 1 aromatic rings. The van der Waals surface area contributed by atoms with Crippen molar-refractivity contribution in [1.82, 2.24) is 4.57 Å². The maximum atomic E-state index is 11.8. The number of carboxylic acids is 1. The van der Waals surface area contributed by atoms with Gasteiger partial charge >= 0.3 is 5.97 Å². The minimum Gasteiger partial charge on any atom is -0.477 e. The first-order valence-corrected chi connectivity index (χ1v) is 5.10. The molecule has 16 heavy (non-hydrogen) atoms. The summed E-state index contributed by atoms with van der Waals surface area (Å²) in [6.45, 7) is 0. The van der Waals surface area contributed by atoms with Gasteiger partial charge in [0.25, 0.3) is 5.56 Å². The lowest BCUT2D eigenvalue weighted by Gasteiger charge is -2.35. The van der Waals surface area contributed by atoms with Crippen molar-refractivity contribution < 1.29 is 14.6 Å². The second-order valence-corrected chi connectivity index (χ2v) is 3.92. The minimum atomic E-state index is -1.18. The second kappa shape index (κ2) is 4.09. The van der Waals surface area contributed by atoms with Crippen LogP contribution in [0.2, 0.25) is 0 Å². The Morgan fingerprint density at radius 1 is 1.56 bits per heavy atom. The molecular weight excluding hydrogens is 210 g/mol. The number of aromatic nitrogens is 1. The first kappa shape index (κ1) is 10.9. The monoisotopic (exact) mass is 223 g/mol. The van der Waals surface area contributed by atoms with Gasteiger partial charge in [-0.05, 0) is 25.0 Å². The summed E-state index contributed by atoms with van der Waals surface area (Å²) in [4.78, 5) is 22.6. The van der Waals surface area contributed by atoms with Crippen LogP contribution in [-0.4, -0.2) is 28.9 Å². The van der Waals surface area contributed by atoms with Crippen molar-refractivity contribution >= 4 is 5.97 Å².